The number of fused-ring (bicyclic) bond motifs is 1. The van der Waals surface area contributed by atoms with Crippen LogP contribution in [0.15, 0.2) is 91.3 Å². The summed E-state index contributed by atoms with van der Waals surface area (Å²) < 4.78 is 6.32. The second kappa shape index (κ2) is 9.97. The Bertz CT molecular complexity index is 1140. The van der Waals surface area contributed by atoms with Crippen LogP contribution >= 0.6 is 0 Å². The average molecular weight is 436 g/mol. The van der Waals surface area contributed by atoms with Crippen LogP contribution < -0.4 is 4.74 Å². The molecule has 1 aromatic heterocycles. The van der Waals surface area contributed by atoms with Crippen molar-refractivity contribution in [1.82, 2.24) is 14.9 Å². The lowest BCUT2D eigenvalue weighted by molar-refractivity contribution is 0.106. The van der Waals surface area contributed by atoms with Crippen molar-refractivity contribution in [2.24, 2.45) is 0 Å². The maximum absolute atomic E-state index is 6.32. The normalized spacial score (nSPS) is 15.2. The van der Waals surface area contributed by atoms with E-state index in [1.807, 2.05) is 12.4 Å². The number of benzene rings is 3. The minimum absolute atomic E-state index is 0.273. The summed E-state index contributed by atoms with van der Waals surface area (Å²) in [5.41, 5.74) is 6.09. The van der Waals surface area contributed by atoms with Crippen molar-refractivity contribution in [2.75, 3.05) is 6.61 Å². The number of rotatable bonds is 7. The molecular weight excluding hydrogens is 406 g/mol. The molecule has 1 aliphatic rings. The van der Waals surface area contributed by atoms with Crippen molar-refractivity contribution in [3.8, 4) is 16.9 Å². The zero-order chi connectivity index (χ0) is 22.5. The summed E-state index contributed by atoms with van der Waals surface area (Å²) in [7, 11) is 0. The summed E-state index contributed by atoms with van der Waals surface area (Å²) in [5, 5.41) is 0. The van der Waals surface area contributed by atoms with Crippen LogP contribution in [0.1, 0.15) is 29.4 Å². The highest BCUT2D eigenvalue weighted by Gasteiger charge is 2.28. The van der Waals surface area contributed by atoms with Crippen molar-refractivity contribution in [1.29, 1.82) is 0 Å². The monoisotopic (exact) mass is 435 g/mol. The molecule has 0 N–H and O–H groups in total. The van der Waals surface area contributed by atoms with E-state index >= 15 is 0 Å². The van der Waals surface area contributed by atoms with Crippen molar-refractivity contribution < 1.29 is 4.74 Å². The average Bonchev–Trinajstić information content (AvgIpc) is 2.89. The molecule has 2 heterocycles. The van der Waals surface area contributed by atoms with E-state index in [0.29, 0.717) is 6.61 Å². The van der Waals surface area contributed by atoms with Gasteiger partial charge in [-0.25, -0.2) is 9.97 Å². The highest BCUT2D eigenvalue weighted by molar-refractivity contribution is 5.69. The number of hydrogen-bond donors (Lipinski definition) is 0. The SMILES string of the molecule is CCc1ncc(-c2cccc3c2CC(N(Cc2ccccc2)Cc2ccccc2)CO3)cn1. The van der Waals surface area contributed by atoms with Crippen LogP contribution in [0.4, 0.5) is 0 Å². The molecule has 0 fully saturated rings. The molecule has 1 aliphatic heterocycles. The van der Waals surface area contributed by atoms with Gasteiger partial charge in [0.2, 0.25) is 0 Å². The summed E-state index contributed by atoms with van der Waals surface area (Å²) >= 11 is 0. The van der Waals surface area contributed by atoms with Gasteiger partial charge in [-0.1, -0.05) is 79.7 Å². The Balaban J connectivity index is 1.45. The molecule has 0 saturated carbocycles. The molecule has 1 atom stereocenters. The minimum atomic E-state index is 0.273. The molecular formula is C29H29N3O. The van der Waals surface area contributed by atoms with Gasteiger partial charge >= 0.3 is 0 Å². The summed E-state index contributed by atoms with van der Waals surface area (Å²) in [6, 6.07) is 28.0. The summed E-state index contributed by atoms with van der Waals surface area (Å²) in [6.45, 7) is 4.53. The molecule has 4 nitrogen and oxygen atoms in total. The fraction of sp³-hybridized carbons (Fsp3) is 0.241. The predicted molar refractivity (Wildman–Crippen MR) is 132 cm³/mol. The largest absolute Gasteiger partial charge is 0.492 e. The number of nitrogens with zero attached hydrogens (tertiary/aromatic N) is 3. The van der Waals surface area contributed by atoms with Crippen LogP contribution in [0.25, 0.3) is 11.1 Å². The fourth-order valence-corrected chi connectivity index (χ4v) is 4.52. The number of hydrogen-bond acceptors (Lipinski definition) is 4. The Morgan fingerprint density at radius 1 is 0.818 bits per heavy atom. The van der Waals surface area contributed by atoms with Crippen LogP contribution in [-0.2, 0) is 25.9 Å². The molecule has 3 aromatic carbocycles. The topological polar surface area (TPSA) is 38.2 Å². The lowest BCUT2D eigenvalue weighted by Crippen LogP contribution is -2.42. The lowest BCUT2D eigenvalue weighted by Gasteiger charge is -2.36. The van der Waals surface area contributed by atoms with Crippen molar-refractivity contribution in [3.05, 3.63) is 114 Å². The van der Waals surface area contributed by atoms with E-state index in [0.717, 1.165) is 43.1 Å². The Morgan fingerprint density at radius 3 is 2.06 bits per heavy atom. The van der Waals surface area contributed by atoms with Gasteiger partial charge in [0, 0.05) is 49.1 Å². The van der Waals surface area contributed by atoms with E-state index in [-0.39, 0.29) is 6.04 Å². The Kier molecular flexibility index (Phi) is 6.45. The fourth-order valence-electron chi connectivity index (χ4n) is 4.52. The van der Waals surface area contributed by atoms with Gasteiger partial charge in [-0.15, -0.1) is 0 Å². The zero-order valence-corrected chi connectivity index (χ0v) is 19.0. The Labute approximate surface area is 195 Å². The molecule has 4 aromatic rings. The quantitative estimate of drug-likeness (QED) is 0.373. The molecule has 0 amide bonds. The maximum atomic E-state index is 6.32. The predicted octanol–water partition coefficient (Wildman–Crippen LogP) is 5.71. The van der Waals surface area contributed by atoms with E-state index in [9.17, 15) is 0 Å². The van der Waals surface area contributed by atoms with Gasteiger partial charge in [0.05, 0.1) is 0 Å². The van der Waals surface area contributed by atoms with Crippen molar-refractivity contribution in [3.63, 3.8) is 0 Å². The van der Waals surface area contributed by atoms with Crippen LogP contribution in [0.2, 0.25) is 0 Å². The first-order chi connectivity index (χ1) is 16.3. The third-order valence-electron chi connectivity index (χ3n) is 6.31. The standard InChI is InChI=1S/C29H29N3O/c1-2-29-30-17-24(18-31-29)26-14-9-15-28-27(26)16-25(21-33-28)32(19-22-10-5-3-6-11-22)20-23-12-7-4-8-13-23/h3-15,17-18,25H,2,16,19-21H2,1H3. The van der Waals surface area contributed by atoms with E-state index in [1.165, 1.54) is 22.3 Å². The highest BCUT2D eigenvalue weighted by atomic mass is 16.5. The van der Waals surface area contributed by atoms with Crippen molar-refractivity contribution in [2.45, 2.75) is 38.9 Å². The van der Waals surface area contributed by atoms with E-state index in [1.54, 1.807) is 0 Å². The Morgan fingerprint density at radius 2 is 1.45 bits per heavy atom. The molecule has 0 saturated heterocycles. The van der Waals surface area contributed by atoms with Gasteiger partial charge in [-0.2, -0.15) is 0 Å². The molecule has 0 aliphatic carbocycles. The van der Waals surface area contributed by atoms with E-state index < -0.39 is 0 Å². The molecule has 0 radical (unpaired) electrons. The minimum Gasteiger partial charge on any atom is -0.492 e. The smallest absolute Gasteiger partial charge is 0.127 e. The van der Waals surface area contributed by atoms with Crippen molar-refractivity contribution >= 4 is 0 Å². The van der Waals surface area contributed by atoms with Crippen LogP contribution in [0.3, 0.4) is 0 Å². The second-order valence-corrected chi connectivity index (χ2v) is 8.57. The van der Waals surface area contributed by atoms with Crippen LogP contribution in [0.5, 0.6) is 5.75 Å². The highest BCUT2D eigenvalue weighted by Crippen LogP contribution is 2.35. The van der Waals surface area contributed by atoms with E-state index in [2.05, 4.69) is 101 Å². The molecule has 33 heavy (non-hydrogen) atoms. The van der Waals surface area contributed by atoms with Gasteiger partial charge < -0.3 is 4.74 Å². The van der Waals surface area contributed by atoms with Gasteiger partial charge in [0.25, 0.3) is 0 Å². The molecule has 166 valence electrons. The number of aryl methyl sites for hydroxylation is 1. The third-order valence-corrected chi connectivity index (χ3v) is 6.31. The first-order valence-corrected chi connectivity index (χ1v) is 11.7. The molecule has 1 unspecified atom stereocenters. The van der Waals surface area contributed by atoms with Crippen LogP contribution in [0, 0.1) is 0 Å². The van der Waals surface area contributed by atoms with Gasteiger partial charge in [-0.05, 0) is 29.2 Å². The molecule has 5 rings (SSSR count). The maximum Gasteiger partial charge on any atom is 0.127 e. The summed E-state index contributed by atoms with van der Waals surface area (Å²) in [4.78, 5) is 11.6. The molecule has 0 bridgehead atoms. The third kappa shape index (κ3) is 4.96. The number of ether oxygens (including phenoxy) is 1. The number of aromatic nitrogens is 2. The van der Waals surface area contributed by atoms with Gasteiger partial charge in [0.15, 0.2) is 0 Å². The summed E-state index contributed by atoms with van der Waals surface area (Å²) in [5.74, 6) is 1.84. The molecule has 4 heteroatoms. The Hall–Kier alpha value is -3.50. The second-order valence-electron chi connectivity index (χ2n) is 8.57. The lowest BCUT2D eigenvalue weighted by atomic mass is 9.93. The first-order valence-electron chi connectivity index (χ1n) is 11.7. The molecule has 0 spiro atoms. The zero-order valence-electron chi connectivity index (χ0n) is 19.0. The van der Waals surface area contributed by atoms with Crippen LogP contribution in [-0.4, -0.2) is 27.5 Å². The first kappa shape index (κ1) is 21.4. The summed E-state index contributed by atoms with van der Waals surface area (Å²) in [6.07, 6.45) is 5.65. The van der Waals surface area contributed by atoms with E-state index in [4.69, 9.17) is 4.74 Å². The van der Waals surface area contributed by atoms with Gasteiger partial charge in [-0.3, -0.25) is 4.90 Å². The van der Waals surface area contributed by atoms with Gasteiger partial charge in [0.1, 0.15) is 18.2 Å².